The van der Waals surface area contributed by atoms with E-state index in [0.29, 0.717) is 6.07 Å². The molecule has 2 N–H and O–H groups in total. The zero-order chi connectivity index (χ0) is 21.7. The van der Waals surface area contributed by atoms with Gasteiger partial charge in [-0.2, -0.15) is 0 Å². The molecule has 10 nitrogen and oxygen atoms in total. The molecule has 0 heterocycles. The molecular formula is C20H14N4O6. The number of hydrogen-bond donors (Lipinski definition) is 2. The highest BCUT2D eigenvalue weighted by molar-refractivity contribution is 6.08. The topological polar surface area (TPSA) is 144 Å². The summed E-state index contributed by atoms with van der Waals surface area (Å²) in [5.74, 6) is -1.29. The highest BCUT2D eigenvalue weighted by Crippen LogP contribution is 2.36. The van der Waals surface area contributed by atoms with Crippen molar-refractivity contribution in [3.8, 4) is 0 Å². The highest BCUT2D eigenvalue weighted by atomic mass is 16.6. The number of nitrogens with zero attached hydrogens (tertiary/aromatic N) is 2. The Balaban J connectivity index is 2.02. The van der Waals surface area contributed by atoms with E-state index in [1.165, 1.54) is 24.3 Å². The first kappa shape index (κ1) is 20.1. The third-order valence-corrected chi connectivity index (χ3v) is 4.08. The Kier molecular flexibility index (Phi) is 5.78. The minimum Gasteiger partial charge on any atom is -0.316 e. The Morgan fingerprint density at radius 2 is 1.00 bits per heavy atom. The van der Waals surface area contributed by atoms with Crippen LogP contribution in [0.3, 0.4) is 0 Å². The first-order valence-electron chi connectivity index (χ1n) is 8.56. The fraction of sp³-hybridized carbons (Fsp3) is 0. The molecule has 0 unspecified atom stereocenters. The molecule has 0 aromatic heterocycles. The maximum absolute atomic E-state index is 12.4. The van der Waals surface area contributed by atoms with Gasteiger partial charge in [0, 0.05) is 11.1 Å². The molecule has 0 saturated heterocycles. The van der Waals surface area contributed by atoms with Gasteiger partial charge in [-0.1, -0.05) is 36.4 Å². The van der Waals surface area contributed by atoms with Gasteiger partial charge in [-0.15, -0.1) is 0 Å². The molecule has 0 spiro atoms. The van der Waals surface area contributed by atoms with E-state index in [0.717, 1.165) is 6.07 Å². The Morgan fingerprint density at radius 1 is 0.633 bits per heavy atom. The fourth-order valence-corrected chi connectivity index (χ4v) is 2.65. The summed E-state index contributed by atoms with van der Waals surface area (Å²) in [6.07, 6.45) is 0. The van der Waals surface area contributed by atoms with Crippen LogP contribution in [0.1, 0.15) is 20.7 Å². The van der Waals surface area contributed by atoms with Crippen LogP contribution in [0.2, 0.25) is 0 Å². The number of anilines is 2. The number of nitrogens with one attached hydrogen (secondary N) is 2. The number of benzene rings is 3. The van der Waals surface area contributed by atoms with Crippen LogP contribution in [-0.4, -0.2) is 21.7 Å². The molecule has 0 radical (unpaired) electrons. The third kappa shape index (κ3) is 4.44. The maximum atomic E-state index is 12.4. The van der Waals surface area contributed by atoms with Crippen LogP contribution in [-0.2, 0) is 0 Å². The summed E-state index contributed by atoms with van der Waals surface area (Å²) in [7, 11) is 0. The van der Waals surface area contributed by atoms with Gasteiger partial charge in [0.15, 0.2) is 0 Å². The number of nitro groups is 2. The van der Waals surface area contributed by atoms with Crippen molar-refractivity contribution in [1.82, 2.24) is 0 Å². The zero-order valence-electron chi connectivity index (χ0n) is 15.3. The SMILES string of the molecule is O=C(Nc1cc(NC(=O)c2ccccc2)c([N+](=O)[O-])cc1[N+](=O)[O-])c1ccccc1. The summed E-state index contributed by atoms with van der Waals surface area (Å²) >= 11 is 0. The first-order chi connectivity index (χ1) is 14.4. The number of carbonyl (C=O) groups excluding carboxylic acids is 2. The maximum Gasteiger partial charge on any atom is 0.299 e. The second-order valence-corrected chi connectivity index (χ2v) is 6.04. The molecule has 3 rings (SSSR count). The minimum atomic E-state index is -0.851. The molecule has 0 bridgehead atoms. The average molecular weight is 406 g/mol. The average Bonchev–Trinajstić information content (AvgIpc) is 2.74. The van der Waals surface area contributed by atoms with E-state index in [2.05, 4.69) is 10.6 Å². The van der Waals surface area contributed by atoms with Crippen molar-refractivity contribution in [3.63, 3.8) is 0 Å². The van der Waals surface area contributed by atoms with E-state index in [1.807, 2.05) is 0 Å². The molecule has 2 amide bonds. The Morgan fingerprint density at radius 3 is 1.33 bits per heavy atom. The lowest BCUT2D eigenvalue weighted by Gasteiger charge is -2.10. The number of amides is 2. The van der Waals surface area contributed by atoms with E-state index in [1.54, 1.807) is 36.4 Å². The summed E-state index contributed by atoms with van der Waals surface area (Å²) in [5, 5.41) is 27.6. The molecule has 3 aromatic carbocycles. The molecule has 0 aliphatic carbocycles. The van der Waals surface area contributed by atoms with E-state index < -0.39 is 33.0 Å². The van der Waals surface area contributed by atoms with Crippen LogP contribution in [0, 0.1) is 20.2 Å². The predicted octanol–water partition coefficient (Wildman–Crippen LogP) is 4.01. The lowest BCUT2D eigenvalue weighted by atomic mass is 10.1. The summed E-state index contributed by atoms with van der Waals surface area (Å²) in [4.78, 5) is 45.9. The van der Waals surface area contributed by atoms with Crippen molar-refractivity contribution in [3.05, 3.63) is 104 Å². The lowest BCUT2D eigenvalue weighted by Crippen LogP contribution is -2.16. The molecule has 150 valence electrons. The van der Waals surface area contributed by atoms with Crippen molar-refractivity contribution >= 4 is 34.6 Å². The van der Waals surface area contributed by atoms with Crippen LogP contribution >= 0.6 is 0 Å². The summed E-state index contributed by atoms with van der Waals surface area (Å²) in [5.41, 5.74) is -1.46. The standard InChI is InChI=1S/C20H14N4O6/c25-19(13-7-3-1-4-8-13)21-15-11-16(18(24(29)30)12-17(15)23(27)28)22-20(26)14-9-5-2-6-10-14/h1-12H,(H,21,25)(H,22,26). The van der Waals surface area contributed by atoms with Gasteiger partial charge in [0.05, 0.1) is 15.9 Å². The Hall–Kier alpha value is -4.60. The lowest BCUT2D eigenvalue weighted by molar-refractivity contribution is -0.393. The summed E-state index contributed by atoms with van der Waals surface area (Å²) < 4.78 is 0. The molecule has 3 aromatic rings. The molecule has 0 fully saturated rings. The molecule has 0 saturated carbocycles. The second kappa shape index (κ2) is 8.61. The van der Waals surface area contributed by atoms with Gasteiger partial charge in [-0.25, -0.2) is 0 Å². The van der Waals surface area contributed by atoms with Crippen LogP contribution in [0.25, 0.3) is 0 Å². The number of rotatable bonds is 6. The smallest absolute Gasteiger partial charge is 0.299 e. The molecular weight excluding hydrogens is 392 g/mol. The van der Waals surface area contributed by atoms with Gasteiger partial charge in [0.25, 0.3) is 23.2 Å². The molecule has 0 atom stereocenters. The summed E-state index contributed by atoms with van der Waals surface area (Å²) in [6.45, 7) is 0. The van der Waals surface area contributed by atoms with Gasteiger partial charge < -0.3 is 10.6 Å². The van der Waals surface area contributed by atoms with Crippen molar-refractivity contribution in [1.29, 1.82) is 0 Å². The highest BCUT2D eigenvalue weighted by Gasteiger charge is 2.27. The Bertz CT molecular complexity index is 1050. The number of hydrogen-bond acceptors (Lipinski definition) is 6. The first-order valence-corrected chi connectivity index (χ1v) is 8.56. The summed E-state index contributed by atoms with van der Waals surface area (Å²) in [6, 6.07) is 17.6. The molecule has 0 aliphatic rings. The van der Waals surface area contributed by atoms with Crippen molar-refractivity contribution in [2.24, 2.45) is 0 Å². The van der Waals surface area contributed by atoms with Gasteiger partial charge in [-0.3, -0.25) is 29.8 Å². The quantitative estimate of drug-likeness (QED) is 0.467. The predicted molar refractivity (Wildman–Crippen MR) is 109 cm³/mol. The van der Waals surface area contributed by atoms with Gasteiger partial charge in [0.1, 0.15) is 11.4 Å². The van der Waals surface area contributed by atoms with Crippen LogP contribution in [0.4, 0.5) is 22.7 Å². The van der Waals surface area contributed by atoms with Crippen LogP contribution in [0.5, 0.6) is 0 Å². The minimum absolute atomic E-state index is 0.236. The van der Waals surface area contributed by atoms with Gasteiger partial charge >= 0.3 is 0 Å². The van der Waals surface area contributed by atoms with E-state index in [9.17, 15) is 29.8 Å². The zero-order valence-corrected chi connectivity index (χ0v) is 15.3. The fourth-order valence-electron chi connectivity index (χ4n) is 2.65. The monoisotopic (exact) mass is 406 g/mol. The van der Waals surface area contributed by atoms with Crippen LogP contribution in [0.15, 0.2) is 72.8 Å². The van der Waals surface area contributed by atoms with E-state index in [-0.39, 0.29) is 22.5 Å². The van der Waals surface area contributed by atoms with Crippen LogP contribution < -0.4 is 10.6 Å². The number of nitro benzene ring substituents is 2. The van der Waals surface area contributed by atoms with Crippen molar-refractivity contribution < 1.29 is 19.4 Å². The number of carbonyl (C=O) groups is 2. The largest absolute Gasteiger partial charge is 0.316 e. The second-order valence-electron chi connectivity index (χ2n) is 6.04. The normalized spacial score (nSPS) is 10.1. The van der Waals surface area contributed by atoms with E-state index >= 15 is 0 Å². The molecule has 0 aliphatic heterocycles. The molecule has 30 heavy (non-hydrogen) atoms. The van der Waals surface area contributed by atoms with Crippen molar-refractivity contribution in [2.75, 3.05) is 10.6 Å². The van der Waals surface area contributed by atoms with Gasteiger partial charge in [-0.05, 0) is 30.3 Å². The van der Waals surface area contributed by atoms with Gasteiger partial charge in [0.2, 0.25) is 0 Å². The van der Waals surface area contributed by atoms with E-state index in [4.69, 9.17) is 0 Å². The van der Waals surface area contributed by atoms with Crippen molar-refractivity contribution in [2.45, 2.75) is 0 Å². The molecule has 10 heteroatoms. The third-order valence-electron chi connectivity index (χ3n) is 4.08. The Labute approximate surface area is 169 Å².